The molecule has 1 aliphatic heterocycles. The third kappa shape index (κ3) is 5.81. The van der Waals surface area contributed by atoms with Gasteiger partial charge in [-0.1, -0.05) is 55.5 Å². The lowest BCUT2D eigenvalue weighted by Crippen LogP contribution is -2.51. The Morgan fingerprint density at radius 1 is 1.14 bits per heavy atom. The lowest BCUT2D eigenvalue weighted by molar-refractivity contribution is -0.214. The molecule has 0 aliphatic carbocycles. The molecule has 1 amide bonds. The first-order valence-corrected chi connectivity index (χ1v) is 10.4. The second kappa shape index (κ2) is 10.4. The molecular formula is C24H32N2O3. The lowest BCUT2D eigenvalue weighted by atomic mass is 9.93. The molecule has 2 aromatic carbocycles. The van der Waals surface area contributed by atoms with Crippen molar-refractivity contribution in [3.8, 4) is 5.75 Å². The molecule has 0 bridgehead atoms. The maximum atomic E-state index is 12.3. The zero-order valence-electron chi connectivity index (χ0n) is 17.7. The second-order valence-corrected chi connectivity index (χ2v) is 7.80. The molecule has 0 unspecified atom stereocenters. The smallest absolute Gasteiger partial charge is 0.243 e. The molecule has 2 aromatic rings. The second-order valence-electron chi connectivity index (χ2n) is 7.80. The number of piperidine rings is 1. The molecule has 0 saturated carbocycles. The van der Waals surface area contributed by atoms with Crippen molar-refractivity contribution in [2.24, 2.45) is 5.92 Å². The highest BCUT2D eigenvalue weighted by atomic mass is 16.7. The Morgan fingerprint density at radius 2 is 1.86 bits per heavy atom. The Morgan fingerprint density at radius 3 is 2.55 bits per heavy atom. The van der Waals surface area contributed by atoms with Crippen molar-refractivity contribution in [2.45, 2.75) is 39.3 Å². The summed E-state index contributed by atoms with van der Waals surface area (Å²) in [5.74, 6) is 1.08. The number of amides is 1. The summed E-state index contributed by atoms with van der Waals surface area (Å²) in [5.41, 5.74) is 2.31. The van der Waals surface area contributed by atoms with Gasteiger partial charge >= 0.3 is 0 Å². The van der Waals surface area contributed by atoms with E-state index >= 15 is 0 Å². The number of nitrogens with zero attached hydrogens (tertiary/aromatic N) is 2. The van der Waals surface area contributed by atoms with Crippen molar-refractivity contribution < 1.29 is 14.4 Å². The Labute approximate surface area is 174 Å². The molecule has 0 aromatic heterocycles. The molecule has 1 saturated heterocycles. The highest BCUT2D eigenvalue weighted by Crippen LogP contribution is 2.25. The van der Waals surface area contributed by atoms with E-state index in [9.17, 15) is 4.79 Å². The van der Waals surface area contributed by atoms with E-state index in [1.807, 2.05) is 24.3 Å². The van der Waals surface area contributed by atoms with Gasteiger partial charge in [-0.2, -0.15) is 0 Å². The first-order valence-electron chi connectivity index (χ1n) is 10.4. The van der Waals surface area contributed by atoms with Crippen LogP contribution in [0.25, 0.3) is 0 Å². The molecule has 1 aliphatic rings. The molecule has 1 heterocycles. The fraction of sp³-hybridized carbons (Fsp3) is 0.458. The molecule has 3 rings (SSSR count). The molecule has 0 N–H and O–H groups in total. The summed E-state index contributed by atoms with van der Waals surface area (Å²) in [6.07, 6.45) is 1.97. The Hall–Kier alpha value is -2.37. The molecule has 2 atom stereocenters. The van der Waals surface area contributed by atoms with E-state index in [0.717, 1.165) is 43.8 Å². The summed E-state index contributed by atoms with van der Waals surface area (Å²) in [5, 5.41) is 1.59. The van der Waals surface area contributed by atoms with Gasteiger partial charge in [0.1, 0.15) is 12.4 Å². The largest absolute Gasteiger partial charge is 0.496 e. The van der Waals surface area contributed by atoms with E-state index in [4.69, 9.17) is 9.57 Å². The number of hydrogen-bond donors (Lipinski definition) is 0. The summed E-state index contributed by atoms with van der Waals surface area (Å²) in [6.45, 7) is 7.11. The molecule has 1 fully saturated rings. The van der Waals surface area contributed by atoms with Crippen LogP contribution in [0.3, 0.4) is 0 Å². The van der Waals surface area contributed by atoms with Gasteiger partial charge in [-0.15, -0.1) is 0 Å². The minimum atomic E-state index is -0.0468. The Balaban J connectivity index is 1.55. The molecule has 0 radical (unpaired) electrons. The van der Waals surface area contributed by atoms with Gasteiger partial charge in [0.05, 0.1) is 13.2 Å². The van der Waals surface area contributed by atoms with Crippen LogP contribution >= 0.6 is 0 Å². The average Bonchev–Trinajstić information content (AvgIpc) is 2.74. The van der Waals surface area contributed by atoms with Crippen molar-refractivity contribution in [3.63, 3.8) is 0 Å². The summed E-state index contributed by atoms with van der Waals surface area (Å²) in [7, 11) is 1.65. The van der Waals surface area contributed by atoms with Crippen LogP contribution in [0.5, 0.6) is 5.75 Å². The molecule has 156 valence electrons. The van der Waals surface area contributed by atoms with Crippen LogP contribution in [0.1, 0.15) is 31.4 Å². The fourth-order valence-corrected chi connectivity index (χ4v) is 4.08. The summed E-state index contributed by atoms with van der Waals surface area (Å²) in [4.78, 5) is 20.8. The number of methoxy groups -OCH3 is 1. The van der Waals surface area contributed by atoms with Gasteiger partial charge in [0.15, 0.2) is 0 Å². The van der Waals surface area contributed by atoms with Crippen molar-refractivity contribution in [2.75, 3.05) is 26.7 Å². The van der Waals surface area contributed by atoms with Crippen LogP contribution in [0.2, 0.25) is 0 Å². The van der Waals surface area contributed by atoms with Crippen LogP contribution in [0, 0.1) is 5.92 Å². The van der Waals surface area contributed by atoms with Gasteiger partial charge in [0, 0.05) is 32.1 Å². The number of ether oxygens (including phenoxy) is 1. The summed E-state index contributed by atoms with van der Waals surface area (Å²) in [6, 6.07) is 18.4. The van der Waals surface area contributed by atoms with Crippen LogP contribution in [0.4, 0.5) is 0 Å². The predicted octanol–water partition coefficient (Wildman–Crippen LogP) is 3.93. The fourth-order valence-electron chi connectivity index (χ4n) is 4.08. The molecular weight excluding hydrogens is 364 g/mol. The van der Waals surface area contributed by atoms with Gasteiger partial charge in [0.2, 0.25) is 5.91 Å². The molecule has 5 heteroatoms. The van der Waals surface area contributed by atoms with E-state index in [1.54, 1.807) is 19.1 Å². The average molecular weight is 397 g/mol. The minimum Gasteiger partial charge on any atom is -0.496 e. The maximum absolute atomic E-state index is 12.3. The van der Waals surface area contributed by atoms with E-state index in [1.165, 1.54) is 5.56 Å². The van der Waals surface area contributed by atoms with Gasteiger partial charge in [-0.05, 0) is 30.4 Å². The Kier molecular flexibility index (Phi) is 7.67. The highest BCUT2D eigenvalue weighted by molar-refractivity contribution is 5.72. The van der Waals surface area contributed by atoms with Gasteiger partial charge in [0.25, 0.3) is 0 Å². The third-order valence-electron chi connectivity index (χ3n) is 5.67. The van der Waals surface area contributed by atoms with E-state index in [2.05, 4.69) is 42.2 Å². The molecule has 29 heavy (non-hydrogen) atoms. The number of hydrogen-bond acceptors (Lipinski definition) is 4. The van der Waals surface area contributed by atoms with Crippen LogP contribution in [0.15, 0.2) is 54.6 Å². The number of carbonyl (C=O) groups excluding carboxylic acids is 1. The Bertz CT molecular complexity index is 781. The third-order valence-corrected chi connectivity index (χ3v) is 5.67. The molecule has 0 spiro atoms. The minimum absolute atomic E-state index is 0.0468. The summed E-state index contributed by atoms with van der Waals surface area (Å²) >= 11 is 0. The van der Waals surface area contributed by atoms with E-state index in [-0.39, 0.29) is 11.9 Å². The SMILES string of the molecule is COc1ccccc1CON(C(C)=O)[C@@H]1CCN(CCc2ccccc2)C[C@@H]1C. The number of rotatable bonds is 8. The maximum Gasteiger partial charge on any atom is 0.243 e. The number of hydroxylamine groups is 2. The van der Waals surface area contributed by atoms with Crippen LogP contribution in [-0.4, -0.2) is 48.7 Å². The monoisotopic (exact) mass is 396 g/mol. The zero-order valence-corrected chi connectivity index (χ0v) is 17.7. The first kappa shape index (κ1) is 21.3. The van der Waals surface area contributed by atoms with Crippen molar-refractivity contribution in [1.29, 1.82) is 0 Å². The summed E-state index contributed by atoms with van der Waals surface area (Å²) < 4.78 is 5.39. The van der Waals surface area contributed by atoms with E-state index < -0.39 is 0 Å². The van der Waals surface area contributed by atoms with Gasteiger partial charge in [-0.25, -0.2) is 5.06 Å². The van der Waals surface area contributed by atoms with Crippen LogP contribution < -0.4 is 4.74 Å². The quantitative estimate of drug-likeness (QED) is 0.634. The number of carbonyl (C=O) groups is 1. The topological polar surface area (TPSA) is 42.0 Å². The lowest BCUT2D eigenvalue weighted by Gasteiger charge is -2.41. The van der Waals surface area contributed by atoms with Gasteiger partial charge < -0.3 is 9.64 Å². The standard InChI is InChI=1S/C24H32N2O3/c1-19-17-25(15-13-21-9-5-4-6-10-21)16-14-23(19)26(20(2)27)29-18-22-11-7-8-12-24(22)28-3/h4-12,19,23H,13-18H2,1-3H3/t19-,23+/m0/s1. The predicted molar refractivity (Wildman–Crippen MR) is 114 cm³/mol. The zero-order chi connectivity index (χ0) is 20.6. The van der Waals surface area contributed by atoms with Gasteiger partial charge in [-0.3, -0.25) is 9.63 Å². The number of para-hydroxylation sites is 1. The van der Waals surface area contributed by atoms with Crippen molar-refractivity contribution >= 4 is 5.91 Å². The normalized spacial score (nSPS) is 19.7. The van der Waals surface area contributed by atoms with Crippen molar-refractivity contribution in [1.82, 2.24) is 9.96 Å². The number of likely N-dealkylation sites (tertiary alicyclic amines) is 1. The number of benzene rings is 2. The van der Waals surface area contributed by atoms with E-state index in [0.29, 0.717) is 12.5 Å². The van der Waals surface area contributed by atoms with Crippen LogP contribution in [-0.2, 0) is 22.7 Å². The first-order chi connectivity index (χ1) is 14.1. The molecule has 5 nitrogen and oxygen atoms in total. The van der Waals surface area contributed by atoms with Crippen molar-refractivity contribution in [3.05, 3.63) is 65.7 Å². The highest BCUT2D eigenvalue weighted by Gasteiger charge is 2.33.